The van der Waals surface area contributed by atoms with Crippen molar-refractivity contribution in [2.75, 3.05) is 14.1 Å². The van der Waals surface area contributed by atoms with E-state index in [0.717, 1.165) is 0 Å². The molecule has 0 aromatic carbocycles. The minimum Gasteiger partial charge on any atom is -0.303 e. The highest BCUT2D eigenvalue weighted by molar-refractivity contribution is 6.09. The van der Waals surface area contributed by atoms with Gasteiger partial charge in [-0.05, 0) is 26.9 Å². The van der Waals surface area contributed by atoms with Gasteiger partial charge >= 0.3 is 0 Å². The number of hydroxylamine groups is 4. The lowest BCUT2D eigenvalue weighted by Gasteiger charge is -2.37. The molecule has 2 N–H and O–H groups in total. The summed E-state index contributed by atoms with van der Waals surface area (Å²) in [6.07, 6.45) is 0.334. The summed E-state index contributed by atoms with van der Waals surface area (Å²) in [5, 5.41) is 19.2. The van der Waals surface area contributed by atoms with E-state index < -0.39 is 47.2 Å². The largest absolute Gasteiger partial charge is 0.303 e. The Kier molecular flexibility index (Phi) is 5.91. The summed E-state index contributed by atoms with van der Waals surface area (Å²) in [5.74, 6) is -4.30. The van der Waals surface area contributed by atoms with Gasteiger partial charge in [-0.3, -0.25) is 29.6 Å². The van der Waals surface area contributed by atoms with Crippen molar-refractivity contribution in [3.05, 3.63) is 0 Å². The van der Waals surface area contributed by atoms with E-state index in [9.17, 15) is 29.6 Å². The average molecular weight is 381 g/mol. The van der Waals surface area contributed by atoms with Crippen LogP contribution < -0.4 is 0 Å². The molecule has 11 nitrogen and oxygen atoms in total. The first-order chi connectivity index (χ1) is 12.6. The summed E-state index contributed by atoms with van der Waals surface area (Å²) in [6.45, 7) is 3.51. The van der Waals surface area contributed by atoms with Crippen LogP contribution in [0.3, 0.4) is 0 Å². The Hall–Kier alpha value is -2.46. The Morgan fingerprint density at radius 1 is 1.19 bits per heavy atom. The Morgan fingerprint density at radius 3 is 2.26 bits per heavy atom. The lowest BCUT2D eigenvalue weighted by Crippen LogP contribution is -2.56. The van der Waals surface area contributed by atoms with Crippen molar-refractivity contribution < 1.29 is 29.6 Å². The van der Waals surface area contributed by atoms with Gasteiger partial charge in [0.25, 0.3) is 23.6 Å². The van der Waals surface area contributed by atoms with Gasteiger partial charge < -0.3 is 4.90 Å². The summed E-state index contributed by atoms with van der Waals surface area (Å²) in [6, 6.07) is 0.547. The maximum Gasteiger partial charge on any atom is 0.284 e. The van der Waals surface area contributed by atoms with E-state index in [0.29, 0.717) is 6.42 Å². The number of hydrogen-bond donors (Lipinski definition) is 2. The molecule has 0 aliphatic carbocycles. The van der Waals surface area contributed by atoms with E-state index in [1.807, 2.05) is 6.92 Å². The van der Waals surface area contributed by atoms with Crippen molar-refractivity contribution in [3.8, 4) is 0 Å². The van der Waals surface area contributed by atoms with Crippen LogP contribution in [0.5, 0.6) is 0 Å². The van der Waals surface area contributed by atoms with Crippen LogP contribution in [0, 0.1) is 5.92 Å². The first-order valence-corrected chi connectivity index (χ1v) is 8.59. The number of carbonyl (C=O) groups is 4. The van der Waals surface area contributed by atoms with Crippen molar-refractivity contribution in [1.82, 2.24) is 15.0 Å². The second kappa shape index (κ2) is 7.65. The van der Waals surface area contributed by atoms with Crippen LogP contribution in [0.15, 0.2) is 9.98 Å². The first-order valence-electron chi connectivity index (χ1n) is 8.59. The molecule has 0 radical (unpaired) electrons. The monoisotopic (exact) mass is 381 g/mol. The Bertz CT molecular complexity index is 731. The van der Waals surface area contributed by atoms with Crippen LogP contribution in [-0.4, -0.2) is 86.8 Å². The molecule has 11 heteroatoms. The predicted molar refractivity (Wildman–Crippen MR) is 89.8 cm³/mol. The molecule has 0 aromatic rings. The molecule has 0 saturated carbocycles. The van der Waals surface area contributed by atoms with Crippen molar-refractivity contribution in [2.45, 2.75) is 50.7 Å². The van der Waals surface area contributed by atoms with E-state index in [2.05, 4.69) is 16.0 Å². The van der Waals surface area contributed by atoms with Gasteiger partial charge in [-0.2, -0.15) is 10.1 Å². The Balaban J connectivity index is 2.53. The second-order valence-corrected chi connectivity index (χ2v) is 6.73. The molecular formula is C16H23N5O6. The van der Waals surface area contributed by atoms with E-state index in [1.54, 1.807) is 25.9 Å². The van der Waals surface area contributed by atoms with Crippen molar-refractivity contribution >= 4 is 29.6 Å². The molecule has 148 valence electrons. The predicted octanol–water partition coefficient (Wildman–Crippen LogP) is -0.460. The van der Waals surface area contributed by atoms with Crippen molar-refractivity contribution in [3.63, 3.8) is 0 Å². The third-order valence-electron chi connectivity index (χ3n) is 5.05. The molecule has 0 aromatic heterocycles. The van der Waals surface area contributed by atoms with E-state index in [4.69, 9.17) is 0 Å². The molecule has 27 heavy (non-hydrogen) atoms. The maximum absolute atomic E-state index is 12.8. The van der Waals surface area contributed by atoms with Crippen LogP contribution in [0.1, 0.15) is 33.1 Å². The highest BCUT2D eigenvalue weighted by Crippen LogP contribution is 2.40. The summed E-state index contributed by atoms with van der Waals surface area (Å²) >= 11 is 0. The lowest BCUT2D eigenvalue weighted by atomic mass is 9.77. The fourth-order valence-corrected chi connectivity index (χ4v) is 3.77. The molecule has 2 aliphatic rings. The second-order valence-electron chi connectivity index (χ2n) is 6.73. The van der Waals surface area contributed by atoms with Crippen molar-refractivity contribution in [2.24, 2.45) is 15.9 Å². The third kappa shape index (κ3) is 3.19. The lowest BCUT2D eigenvalue weighted by molar-refractivity contribution is -0.174. The zero-order valence-electron chi connectivity index (χ0n) is 15.6. The molecule has 2 aliphatic heterocycles. The molecule has 4 amide bonds. The highest BCUT2D eigenvalue weighted by atomic mass is 16.5. The van der Waals surface area contributed by atoms with Gasteiger partial charge in [-0.25, -0.2) is 9.98 Å². The van der Waals surface area contributed by atoms with Crippen molar-refractivity contribution in [1.29, 1.82) is 0 Å². The van der Waals surface area contributed by atoms with Gasteiger partial charge in [0.05, 0.1) is 18.3 Å². The zero-order valence-corrected chi connectivity index (χ0v) is 15.6. The quantitative estimate of drug-likeness (QED) is 0.360. The smallest absolute Gasteiger partial charge is 0.284 e. The number of imide groups is 2. The molecule has 2 rings (SSSR count). The summed E-state index contributed by atoms with van der Waals surface area (Å²) in [4.78, 5) is 57.8. The fourth-order valence-electron chi connectivity index (χ4n) is 3.77. The highest BCUT2D eigenvalue weighted by Gasteiger charge is 2.63. The Labute approximate surface area is 155 Å². The molecule has 4 atom stereocenters. The molecule has 4 unspecified atom stereocenters. The molecule has 0 spiro atoms. The fraction of sp³-hybridized carbons (Fsp3) is 0.688. The molecular weight excluding hydrogens is 358 g/mol. The topological polar surface area (TPSA) is 143 Å². The number of amides is 4. The zero-order chi connectivity index (χ0) is 20.5. The standard InChI is InChI=1S/C16H23N5O6/c1-5-9-13(23)21(27)15(25)16(9,11(6-2)19(3)4)18-8-17-10-7-12(22)20(26)14(10)24/h9-11,26-27H,5-7H2,1-4H3. The first kappa shape index (κ1) is 20.8. The number of nitrogens with zero attached hydrogens (tertiary/aromatic N) is 5. The van der Waals surface area contributed by atoms with Gasteiger partial charge in [0.2, 0.25) is 0 Å². The summed E-state index contributed by atoms with van der Waals surface area (Å²) < 4.78 is 0. The maximum atomic E-state index is 12.8. The van der Waals surface area contributed by atoms with Gasteiger partial charge in [0, 0.05) is 6.04 Å². The van der Waals surface area contributed by atoms with Crippen LogP contribution >= 0.6 is 0 Å². The van der Waals surface area contributed by atoms with E-state index in [1.165, 1.54) is 0 Å². The van der Waals surface area contributed by atoms with Gasteiger partial charge in [-0.15, -0.1) is 0 Å². The summed E-state index contributed by atoms with van der Waals surface area (Å²) in [5.41, 5.74) is -1.66. The minimum atomic E-state index is -1.66. The molecule has 2 saturated heterocycles. The summed E-state index contributed by atoms with van der Waals surface area (Å²) in [7, 11) is 3.44. The van der Waals surface area contributed by atoms with Gasteiger partial charge in [-0.1, -0.05) is 13.8 Å². The normalized spacial score (nSPS) is 29.6. The number of hydrogen-bond acceptors (Lipinski definition) is 9. The molecule has 2 heterocycles. The van der Waals surface area contributed by atoms with E-state index >= 15 is 0 Å². The molecule has 0 bridgehead atoms. The number of rotatable bonds is 6. The van der Waals surface area contributed by atoms with Crippen LogP contribution in [-0.2, 0) is 19.2 Å². The number of likely N-dealkylation sites (N-methyl/N-ethyl adjacent to an activating group) is 1. The number of carbonyl (C=O) groups excluding carboxylic acids is 4. The average Bonchev–Trinajstić information content (AvgIpc) is 2.96. The van der Waals surface area contributed by atoms with Gasteiger partial charge in [0.1, 0.15) is 0 Å². The van der Waals surface area contributed by atoms with Crippen LogP contribution in [0.25, 0.3) is 0 Å². The SMILES string of the molecule is CCC1C(=O)N(O)C(=O)C1(N=C=NC1CC(=O)N(O)C1=O)C(CC)N(C)C. The van der Waals surface area contributed by atoms with Crippen LogP contribution in [0.2, 0.25) is 0 Å². The van der Waals surface area contributed by atoms with Crippen LogP contribution in [0.4, 0.5) is 0 Å². The van der Waals surface area contributed by atoms with Gasteiger partial charge in [0.15, 0.2) is 11.6 Å². The Morgan fingerprint density at radius 2 is 1.81 bits per heavy atom. The molecule has 2 fully saturated rings. The minimum absolute atomic E-state index is 0.0190. The number of aliphatic imine (C=N–C) groups is 2. The van der Waals surface area contributed by atoms with E-state index in [-0.39, 0.29) is 23.0 Å². The third-order valence-corrected chi connectivity index (χ3v) is 5.05.